The second kappa shape index (κ2) is 3.42. The van der Waals surface area contributed by atoms with Crippen LogP contribution in [0, 0.1) is 0 Å². The van der Waals surface area contributed by atoms with Gasteiger partial charge in [-0.05, 0) is 18.4 Å². The molecule has 1 fully saturated rings. The Bertz CT molecular complexity index is 488. The van der Waals surface area contributed by atoms with E-state index in [2.05, 4.69) is 10.3 Å². The number of nitrogens with zero attached hydrogens (tertiary/aromatic N) is 3. The van der Waals surface area contributed by atoms with Crippen molar-refractivity contribution in [2.75, 3.05) is 0 Å². The molecule has 0 saturated heterocycles. The van der Waals surface area contributed by atoms with Crippen LogP contribution >= 0.6 is 0 Å². The molecule has 1 saturated carbocycles. The van der Waals surface area contributed by atoms with E-state index in [-0.39, 0.29) is 0 Å². The van der Waals surface area contributed by atoms with E-state index >= 15 is 0 Å². The minimum absolute atomic E-state index is 0.686. The summed E-state index contributed by atoms with van der Waals surface area (Å²) < 4.78 is 1.76. The van der Waals surface area contributed by atoms with E-state index in [9.17, 15) is 5.11 Å². The zero-order valence-electron chi connectivity index (χ0n) is 8.87. The third kappa shape index (κ3) is 1.72. The van der Waals surface area contributed by atoms with E-state index in [0.29, 0.717) is 12.2 Å². The van der Waals surface area contributed by atoms with E-state index in [0.717, 1.165) is 12.8 Å². The van der Waals surface area contributed by atoms with E-state index in [4.69, 9.17) is 0 Å². The summed E-state index contributed by atoms with van der Waals surface area (Å²) in [4.78, 5) is 0. The van der Waals surface area contributed by atoms with Gasteiger partial charge in [0, 0.05) is 0 Å². The highest BCUT2D eigenvalue weighted by Gasteiger charge is 2.44. The normalized spacial score (nSPS) is 17.3. The molecule has 0 amide bonds. The number of aliphatic hydroxyl groups is 1. The first-order valence-electron chi connectivity index (χ1n) is 5.43. The predicted molar refractivity (Wildman–Crippen MR) is 58.7 cm³/mol. The van der Waals surface area contributed by atoms with Crippen LogP contribution in [0.15, 0.2) is 36.5 Å². The van der Waals surface area contributed by atoms with Gasteiger partial charge in [0.2, 0.25) is 0 Å². The van der Waals surface area contributed by atoms with Crippen molar-refractivity contribution in [3.63, 3.8) is 0 Å². The standard InChI is InChI=1S/C12H13N3O/c16-12(6-7-12)11-9-15(14-13-11)8-10-4-2-1-3-5-10/h1-5,9,16H,6-8H2. The molecule has 0 unspecified atom stereocenters. The molecule has 2 aromatic rings. The number of aromatic nitrogens is 3. The van der Waals surface area contributed by atoms with Gasteiger partial charge < -0.3 is 5.11 Å². The van der Waals surface area contributed by atoms with Crippen molar-refractivity contribution in [1.82, 2.24) is 15.0 Å². The molecule has 82 valence electrons. The van der Waals surface area contributed by atoms with Crippen LogP contribution in [-0.4, -0.2) is 20.1 Å². The van der Waals surface area contributed by atoms with Gasteiger partial charge in [0.15, 0.2) is 0 Å². The summed E-state index contributed by atoms with van der Waals surface area (Å²) in [7, 11) is 0. The van der Waals surface area contributed by atoms with Crippen LogP contribution in [0.25, 0.3) is 0 Å². The molecule has 1 heterocycles. The maximum absolute atomic E-state index is 9.86. The summed E-state index contributed by atoms with van der Waals surface area (Å²) in [5.74, 6) is 0. The molecular weight excluding hydrogens is 202 g/mol. The van der Waals surface area contributed by atoms with Gasteiger partial charge in [-0.15, -0.1) is 5.10 Å². The second-order valence-corrected chi connectivity index (χ2v) is 4.32. The number of rotatable bonds is 3. The minimum atomic E-state index is -0.686. The molecule has 0 spiro atoms. The lowest BCUT2D eigenvalue weighted by Crippen LogP contribution is -2.04. The first-order valence-corrected chi connectivity index (χ1v) is 5.43. The lowest BCUT2D eigenvalue weighted by molar-refractivity contribution is 0.146. The highest BCUT2D eigenvalue weighted by atomic mass is 16.3. The molecule has 4 heteroatoms. The summed E-state index contributed by atoms with van der Waals surface area (Å²) in [6.07, 6.45) is 3.44. The molecule has 0 bridgehead atoms. The summed E-state index contributed by atoms with van der Waals surface area (Å²) in [6.45, 7) is 0.698. The molecule has 3 rings (SSSR count). The quantitative estimate of drug-likeness (QED) is 0.839. The minimum Gasteiger partial charge on any atom is -0.383 e. The Hall–Kier alpha value is -1.68. The third-order valence-electron chi connectivity index (χ3n) is 2.93. The van der Waals surface area contributed by atoms with Gasteiger partial charge in [-0.2, -0.15) is 0 Å². The zero-order chi connectivity index (χ0) is 11.0. The maximum Gasteiger partial charge on any atom is 0.114 e. The summed E-state index contributed by atoms with van der Waals surface area (Å²) >= 11 is 0. The van der Waals surface area contributed by atoms with Crippen LogP contribution in [0.1, 0.15) is 24.1 Å². The van der Waals surface area contributed by atoms with Gasteiger partial charge >= 0.3 is 0 Å². The van der Waals surface area contributed by atoms with Crippen LogP contribution in [0.4, 0.5) is 0 Å². The average molecular weight is 215 g/mol. The van der Waals surface area contributed by atoms with Gasteiger partial charge in [0.05, 0.1) is 12.7 Å². The van der Waals surface area contributed by atoms with Crippen molar-refractivity contribution >= 4 is 0 Å². The van der Waals surface area contributed by atoms with Crippen molar-refractivity contribution < 1.29 is 5.11 Å². The Labute approximate surface area is 93.5 Å². The van der Waals surface area contributed by atoms with E-state index in [1.807, 2.05) is 36.5 Å². The number of hydrogen-bond acceptors (Lipinski definition) is 3. The number of hydrogen-bond donors (Lipinski definition) is 1. The van der Waals surface area contributed by atoms with E-state index in [1.54, 1.807) is 4.68 Å². The first-order chi connectivity index (χ1) is 7.76. The molecular formula is C12H13N3O. The summed E-state index contributed by atoms with van der Waals surface area (Å²) in [5.41, 5.74) is 1.19. The topological polar surface area (TPSA) is 50.9 Å². The molecule has 0 radical (unpaired) electrons. The second-order valence-electron chi connectivity index (χ2n) is 4.32. The Balaban J connectivity index is 1.78. The monoisotopic (exact) mass is 215 g/mol. The Morgan fingerprint density at radius 1 is 1.25 bits per heavy atom. The maximum atomic E-state index is 9.86. The van der Waals surface area contributed by atoms with E-state index in [1.165, 1.54) is 5.56 Å². The SMILES string of the molecule is OC1(c2cn(Cc3ccccc3)nn2)CC1. The lowest BCUT2D eigenvalue weighted by atomic mass is 10.2. The fourth-order valence-corrected chi connectivity index (χ4v) is 1.73. The van der Waals surface area contributed by atoms with Crippen molar-refractivity contribution in [2.24, 2.45) is 0 Å². The fourth-order valence-electron chi connectivity index (χ4n) is 1.73. The highest BCUT2D eigenvalue weighted by molar-refractivity contribution is 5.17. The van der Waals surface area contributed by atoms with Crippen LogP contribution in [0.2, 0.25) is 0 Å². The third-order valence-corrected chi connectivity index (χ3v) is 2.93. The van der Waals surface area contributed by atoms with E-state index < -0.39 is 5.60 Å². The average Bonchev–Trinajstić information content (AvgIpc) is 2.88. The van der Waals surface area contributed by atoms with Crippen LogP contribution in [0.3, 0.4) is 0 Å². The number of benzene rings is 1. The van der Waals surface area contributed by atoms with Crippen molar-refractivity contribution in [3.05, 3.63) is 47.8 Å². The predicted octanol–water partition coefficient (Wildman–Crippen LogP) is 1.31. The highest BCUT2D eigenvalue weighted by Crippen LogP contribution is 2.43. The van der Waals surface area contributed by atoms with Crippen LogP contribution in [0.5, 0.6) is 0 Å². The largest absolute Gasteiger partial charge is 0.383 e. The fraction of sp³-hybridized carbons (Fsp3) is 0.333. The van der Waals surface area contributed by atoms with Gasteiger partial charge in [-0.3, -0.25) is 0 Å². The van der Waals surface area contributed by atoms with Gasteiger partial charge in [-0.25, -0.2) is 4.68 Å². The van der Waals surface area contributed by atoms with Crippen molar-refractivity contribution in [1.29, 1.82) is 0 Å². The van der Waals surface area contributed by atoms with Gasteiger partial charge in [0.1, 0.15) is 11.3 Å². The summed E-state index contributed by atoms with van der Waals surface area (Å²) in [6, 6.07) is 10.1. The molecule has 1 aromatic heterocycles. The van der Waals surface area contributed by atoms with Gasteiger partial charge in [-0.1, -0.05) is 35.5 Å². The molecule has 1 aliphatic rings. The Kier molecular flexibility index (Phi) is 2.04. The smallest absolute Gasteiger partial charge is 0.114 e. The Morgan fingerprint density at radius 2 is 2.00 bits per heavy atom. The molecule has 1 aliphatic carbocycles. The molecule has 16 heavy (non-hydrogen) atoms. The molecule has 4 nitrogen and oxygen atoms in total. The van der Waals surface area contributed by atoms with Gasteiger partial charge in [0.25, 0.3) is 0 Å². The zero-order valence-corrected chi connectivity index (χ0v) is 8.87. The summed E-state index contributed by atoms with van der Waals surface area (Å²) in [5, 5.41) is 17.9. The Morgan fingerprint density at radius 3 is 2.69 bits per heavy atom. The molecule has 1 aromatic carbocycles. The van der Waals surface area contributed by atoms with Crippen molar-refractivity contribution in [3.8, 4) is 0 Å². The van der Waals surface area contributed by atoms with Crippen LogP contribution in [-0.2, 0) is 12.1 Å². The van der Waals surface area contributed by atoms with Crippen molar-refractivity contribution in [2.45, 2.75) is 25.0 Å². The van der Waals surface area contributed by atoms with Crippen LogP contribution < -0.4 is 0 Å². The molecule has 1 N–H and O–H groups in total. The molecule has 0 aliphatic heterocycles. The molecule has 0 atom stereocenters. The lowest BCUT2D eigenvalue weighted by Gasteiger charge is -2.01. The first kappa shape index (κ1) is 9.54.